The lowest BCUT2D eigenvalue weighted by atomic mass is 10.1. The van der Waals surface area contributed by atoms with Gasteiger partial charge in [-0.05, 0) is 12.8 Å². The molecule has 1 aliphatic carbocycles. The monoisotopic (exact) mass is 217 g/mol. The minimum absolute atomic E-state index is 0.156. The highest BCUT2D eigenvalue weighted by Gasteiger charge is 2.41. The number of aromatic nitrogens is 3. The summed E-state index contributed by atoms with van der Waals surface area (Å²) < 4.78 is 1.54. The zero-order valence-electron chi connectivity index (χ0n) is 8.84. The minimum Gasteiger partial charge on any atom is -0.478 e. The maximum absolute atomic E-state index is 10.8. The van der Waals surface area contributed by atoms with Crippen molar-refractivity contribution in [3.63, 3.8) is 0 Å². The van der Waals surface area contributed by atoms with Gasteiger partial charge < -0.3 is 5.11 Å². The van der Waals surface area contributed by atoms with E-state index in [0.29, 0.717) is 5.65 Å². The Morgan fingerprint density at radius 1 is 1.56 bits per heavy atom. The van der Waals surface area contributed by atoms with Crippen LogP contribution in [0, 0.1) is 0 Å². The largest absolute Gasteiger partial charge is 0.478 e. The van der Waals surface area contributed by atoms with Gasteiger partial charge in [-0.15, -0.1) is 0 Å². The third kappa shape index (κ3) is 1.28. The fraction of sp³-hybridized carbons (Fsp3) is 0.364. The minimum atomic E-state index is -0.982. The Labute approximate surface area is 91.7 Å². The molecule has 1 aliphatic rings. The van der Waals surface area contributed by atoms with Crippen molar-refractivity contribution in [1.82, 2.24) is 14.6 Å². The Bertz CT molecular complexity index is 584. The van der Waals surface area contributed by atoms with E-state index in [1.165, 1.54) is 12.4 Å². The number of nitrogens with zero attached hydrogens (tertiary/aromatic N) is 3. The van der Waals surface area contributed by atoms with E-state index < -0.39 is 5.97 Å². The predicted octanol–water partition coefficient (Wildman–Crippen LogP) is 1.48. The lowest BCUT2D eigenvalue weighted by molar-refractivity contribution is 0.0695. The van der Waals surface area contributed by atoms with Gasteiger partial charge in [-0.1, -0.05) is 6.92 Å². The molecular weight excluding hydrogens is 206 g/mol. The molecular formula is C11H11N3O2. The molecule has 1 N–H and O–H groups in total. The molecule has 0 spiro atoms. The van der Waals surface area contributed by atoms with E-state index in [4.69, 9.17) is 5.11 Å². The molecule has 0 atom stereocenters. The molecule has 3 rings (SSSR count). The average molecular weight is 217 g/mol. The topological polar surface area (TPSA) is 67.5 Å². The van der Waals surface area contributed by atoms with Crippen LogP contribution in [0.15, 0.2) is 18.5 Å². The number of fused-ring (bicyclic) bond motifs is 1. The third-order valence-corrected chi connectivity index (χ3v) is 3.18. The molecule has 2 heterocycles. The molecule has 82 valence electrons. The molecule has 0 saturated heterocycles. The van der Waals surface area contributed by atoms with Gasteiger partial charge in [-0.3, -0.25) is 0 Å². The van der Waals surface area contributed by atoms with Gasteiger partial charge in [0, 0.05) is 23.9 Å². The van der Waals surface area contributed by atoms with Gasteiger partial charge in [0.1, 0.15) is 0 Å². The Morgan fingerprint density at radius 3 is 2.94 bits per heavy atom. The van der Waals surface area contributed by atoms with Crippen LogP contribution in [-0.2, 0) is 5.41 Å². The summed E-state index contributed by atoms with van der Waals surface area (Å²) in [5, 5.41) is 13.2. The standard InChI is InChI=1S/C11H11N3O2/c1-11(2-3-11)8-4-9-12-5-7(10(15)16)6-14(9)13-8/h4-6H,2-3H2,1H3,(H,15,16). The highest BCUT2D eigenvalue weighted by molar-refractivity contribution is 5.87. The molecule has 1 saturated carbocycles. The summed E-state index contributed by atoms with van der Waals surface area (Å²) in [6.45, 7) is 2.16. The van der Waals surface area contributed by atoms with Gasteiger partial charge in [-0.2, -0.15) is 5.10 Å². The average Bonchev–Trinajstić information content (AvgIpc) is 2.86. The molecule has 1 fully saturated rings. The molecule has 5 nitrogen and oxygen atoms in total. The molecule has 0 amide bonds. The molecule has 0 aromatic carbocycles. The molecule has 16 heavy (non-hydrogen) atoms. The lowest BCUT2D eigenvalue weighted by Gasteiger charge is -2.00. The molecule has 2 aromatic rings. The lowest BCUT2D eigenvalue weighted by Crippen LogP contribution is -2.03. The van der Waals surface area contributed by atoms with E-state index in [-0.39, 0.29) is 11.0 Å². The first-order valence-electron chi connectivity index (χ1n) is 5.18. The van der Waals surface area contributed by atoms with Crippen LogP contribution in [-0.4, -0.2) is 25.7 Å². The van der Waals surface area contributed by atoms with Crippen molar-refractivity contribution in [2.24, 2.45) is 0 Å². The zero-order valence-corrected chi connectivity index (χ0v) is 8.84. The molecule has 2 aromatic heterocycles. The first kappa shape index (κ1) is 9.33. The van der Waals surface area contributed by atoms with Gasteiger partial charge in [0.2, 0.25) is 0 Å². The number of carboxylic acids is 1. The number of hydrogen-bond donors (Lipinski definition) is 1. The van der Waals surface area contributed by atoms with Crippen LogP contribution >= 0.6 is 0 Å². The van der Waals surface area contributed by atoms with E-state index in [1.54, 1.807) is 4.52 Å². The second-order valence-electron chi connectivity index (χ2n) is 4.54. The van der Waals surface area contributed by atoms with Crippen LogP contribution in [0.1, 0.15) is 35.8 Å². The van der Waals surface area contributed by atoms with Gasteiger partial charge >= 0.3 is 5.97 Å². The van der Waals surface area contributed by atoms with Crippen molar-refractivity contribution in [1.29, 1.82) is 0 Å². The maximum atomic E-state index is 10.8. The van der Waals surface area contributed by atoms with E-state index in [2.05, 4.69) is 17.0 Å². The summed E-state index contributed by atoms with van der Waals surface area (Å²) in [6.07, 6.45) is 5.14. The Morgan fingerprint density at radius 2 is 2.31 bits per heavy atom. The van der Waals surface area contributed by atoms with Gasteiger partial charge in [0.05, 0.1) is 11.3 Å². The van der Waals surface area contributed by atoms with Crippen LogP contribution in [0.4, 0.5) is 0 Å². The van der Waals surface area contributed by atoms with Crippen molar-refractivity contribution >= 4 is 11.6 Å². The van der Waals surface area contributed by atoms with Gasteiger partial charge in [-0.25, -0.2) is 14.3 Å². The molecule has 5 heteroatoms. The van der Waals surface area contributed by atoms with Crippen LogP contribution in [0.2, 0.25) is 0 Å². The highest BCUT2D eigenvalue weighted by Crippen LogP contribution is 2.46. The summed E-state index contributed by atoms with van der Waals surface area (Å²) in [4.78, 5) is 14.9. The Hall–Kier alpha value is -1.91. The summed E-state index contributed by atoms with van der Waals surface area (Å²) in [6, 6.07) is 1.93. The van der Waals surface area contributed by atoms with E-state index in [9.17, 15) is 4.79 Å². The first-order valence-corrected chi connectivity index (χ1v) is 5.18. The van der Waals surface area contributed by atoms with E-state index in [1.807, 2.05) is 6.07 Å². The van der Waals surface area contributed by atoms with Crippen LogP contribution in [0.3, 0.4) is 0 Å². The first-order chi connectivity index (χ1) is 7.58. The molecule has 0 bridgehead atoms. The molecule has 0 aliphatic heterocycles. The Balaban J connectivity index is 2.14. The second-order valence-corrected chi connectivity index (χ2v) is 4.54. The van der Waals surface area contributed by atoms with Gasteiger partial charge in [0.15, 0.2) is 5.65 Å². The van der Waals surface area contributed by atoms with E-state index >= 15 is 0 Å². The maximum Gasteiger partial charge on any atom is 0.338 e. The van der Waals surface area contributed by atoms with E-state index in [0.717, 1.165) is 18.5 Å². The summed E-state index contributed by atoms with van der Waals surface area (Å²) in [5.41, 5.74) is 2.04. The SMILES string of the molecule is CC1(c2cc3ncc(C(=O)O)cn3n2)CC1. The van der Waals surface area contributed by atoms with Crippen LogP contribution < -0.4 is 0 Å². The number of hydrogen-bond acceptors (Lipinski definition) is 3. The number of rotatable bonds is 2. The molecule has 0 unspecified atom stereocenters. The van der Waals surface area contributed by atoms with Gasteiger partial charge in [0.25, 0.3) is 0 Å². The zero-order chi connectivity index (χ0) is 11.3. The third-order valence-electron chi connectivity index (χ3n) is 3.18. The smallest absolute Gasteiger partial charge is 0.338 e. The second kappa shape index (κ2) is 2.81. The quantitative estimate of drug-likeness (QED) is 0.827. The fourth-order valence-corrected chi connectivity index (χ4v) is 1.73. The van der Waals surface area contributed by atoms with Crippen LogP contribution in [0.25, 0.3) is 5.65 Å². The highest BCUT2D eigenvalue weighted by atomic mass is 16.4. The van der Waals surface area contributed by atoms with Crippen molar-refractivity contribution in [3.05, 3.63) is 29.7 Å². The van der Waals surface area contributed by atoms with Crippen LogP contribution in [0.5, 0.6) is 0 Å². The number of carbonyl (C=O) groups is 1. The Kier molecular flexibility index (Phi) is 1.64. The van der Waals surface area contributed by atoms with Crippen molar-refractivity contribution in [2.45, 2.75) is 25.2 Å². The van der Waals surface area contributed by atoms with Crippen molar-refractivity contribution in [3.8, 4) is 0 Å². The normalized spacial score (nSPS) is 17.6. The number of carboxylic acid groups (broad SMARTS) is 1. The summed E-state index contributed by atoms with van der Waals surface area (Å²) in [5.74, 6) is -0.982. The van der Waals surface area contributed by atoms with Crippen molar-refractivity contribution < 1.29 is 9.90 Å². The molecule has 0 radical (unpaired) electrons. The number of aromatic carboxylic acids is 1. The summed E-state index contributed by atoms with van der Waals surface area (Å²) in [7, 11) is 0. The fourth-order valence-electron chi connectivity index (χ4n) is 1.73. The predicted molar refractivity (Wildman–Crippen MR) is 56.5 cm³/mol. The summed E-state index contributed by atoms with van der Waals surface area (Å²) >= 11 is 0. The van der Waals surface area contributed by atoms with Crippen molar-refractivity contribution in [2.75, 3.05) is 0 Å².